The van der Waals surface area contributed by atoms with Crippen LogP contribution in [0.15, 0.2) is 12.1 Å². The lowest BCUT2D eigenvalue weighted by Crippen LogP contribution is -2.35. The quantitative estimate of drug-likeness (QED) is 0.846. The normalized spacial score (nSPS) is 12.1. The summed E-state index contributed by atoms with van der Waals surface area (Å²) < 4.78 is 31.8. The van der Waals surface area contributed by atoms with Gasteiger partial charge in [-0.3, -0.25) is 4.79 Å². The van der Waals surface area contributed by atoms with Crippen molar-refractivity contribution in [2.45, 2.75) is 13.0 Å². The van der Waals surface area contributed by atoms with Crippen LogP contribution in [0, 0.1) is 11.6 Å². The van der Waals surface area contributed by atoms with E-state index in [0.29, 0.717) is 6.61 Å². The number of benzene rings is 1. The number of anilines is 1. The van der Waals surface area contributed by atoms with Crippen LogP contribution in [0.5, 0.6) is 0 Å². The van der Waals surface area contributed by atoms with Gasteiger partial charge in [-0.05, 0) is 19.1 Å². The summed E-state index contributed by atoms with van der Waals surface area (Å²) in [6.07, 6.45) is 0. The van der Waals surface area contributed by atoms with Gasteiger partial charge >= 0.3 is 0 Å². The molecule has 1 aromatic carbocycles. The Kier molecular flexibility index (Phi) is 5.03. The molecule has 0 saturated heterocycles. The molecule has 4 nitrogen and oxygen atoms in total. The van der Waals surface area contributed by atoms with Crippen LogP contribution in [-0.4, -0.2) is 32.7 Å². The molecule has 1 unspecified atom stereocenters. The minimum Gasteiger partial charge on any atom is -0.383 e. The zero-order valence-electron chi connectivity index (χ0n) is 10.5. The molecule has 1 amide bonds. The number of amides is 1. The maximum absolute atomic E-state index is 13.4. The number of nitrogens with one attached hydrogen (secondary N) is 2. The van der Waals surface area contributed by atoms with E-state index in [1.165, 1.54) is 14.2 Å². The van der Waals surface area contributed by atoms with E-state index < -0.39 is 17.5 Å². The molecule has 0 aliphatic rings. The third-order valence-corrected chi connectivity index (χ3v) is 2.35. The van der Waals surface area contributed by atoms with Gasteiger partial charge in [-0.15, -0.1) is 0 Å². The number of rotatable bonds is 5. The van der Waals surface area contributed by atoms with E-state index in [4.69, 9.17) is 4.74 Å². The fraction of sp³-hybridized carbons (Fsp3) is 0.417. The SMILES string of the molecule is CNc1c(F)cc(C(=O)NC(C)COC)cc1F. The fourth-order valence-corrected chi connectivity index (χ4v) is 1.54. The van der Waals surface area contributed by atoms with Crippen molar-refractivity contribution >= 4 is 11.6 Å². The van der Waals surface area contributed by atoms with Crippen molar-refractivity contribution in [3.05, 3.63) is 29.3 Å². The molecule has 1 aromatic rings. The van der Waals surface area contributed by atoms with Crippen LogP contribution < -0.4 is 10.6 Å². The Bertz CT molecular complexity index is 415. The van der Waals surface area contributed by atoms with Gasteiger partial charge in [-0.2, -0.15) is 0 Å². The Morgan fingerprint density at radius 2 is 1.94 bits per heavy atom. The van der Waals surface area contributed by atoms with Gasteiger partial charge in [0.2, 0.25) is 0 Å². The standard InChI is InChI=1S/C12H16F2N2O2/c1-7(6-18-3)16-12(17)8-4-9(13)11(15-2)10(14)5-8/h4-5,7,15H,6H2,1-3H3,(H,16,17). The van der Waals surface area contributed by atoms with Crippen LogP contribution in [0.1, 0.15) is 17.3 Å². The highest BCUT2D eigenvalue weighted by molar-refractivity contribution is 5.94. The summed E-state index contributed by atoms with van der Waals surface area (Å²) in [6.45, 7) is 2.06. The topological polar surface area (TPSA) is 50.4 Å². The van der Waals surface area contributed by atoms with Crippen LogP contribution in [0.4, 0.5) is 14.5 Å². The first-order valence-corrected chi connectivity index (χ1v) is 5.46. The van der Waals surface area contributed by atoms with Gasteiger partial charge < -0.3 is 15.4 Å². The molecular formula is C12H16F2N2O2. The lowest BCUT2D eigenvalue weighted by molar-refractivity contribution is 0.0904. The summed E-state index contributed by atoms with van der Waals surface area (Å²) in [4.78, 5) is 11.7. The molecule has 0 saturated carbocycles. The summed E-state index contributed by atoms with van der Waals surface area (Å²) in [5.41, 5.74) is -0.316. The zero-order valence-corrected chi connectivity index (χ0v) is 10.5. The predicted molar refractivity (Wildman–Crippen MR) is 64.7 cm³/mol. The highest BCUT2D eigenvalue weighted by Crippen LogP contribution is 2.20. The highest BCUT2D eigenvalue weighted by atomic mass is 19.1. The van der Waals surface area contributed by atoms with Crippen molar-refractivity contribution in [3.63, 3.8) is 0 Å². The zero-order chi connectivity index (χ0) is 13.7. The second kappa shape index (κ2) is 6.30. The first kappa shape index (κ1) is 14.4. The number of hydrogen-bond acceptors (Lipinski definition) is 3. The minimum atomic E-state index is -0.804. The highest BCUT2D eigenvalue weighted by Gasteiger charge is 2.15. The van der Waals surface area contributed by atoms with Crippen molar-refractivity contribution in [1.82, 2.24) is 5.32 Å². The number of carbonyl (C=O) groups excluding carboxylic acids is 1. The van der Waals surface area contributed by atoms with Crippen molar-refractivity contribution in [2.75, 3.05) is 26.1 Å². The largest absolute Gasteiger partial charge is 0.383 e. The van der Waals surface area contributed by atoms with Crippen molar-refractivity contribution < 1.29 is 18.3 Å². The van der Waals surface area contributed by atoms with Crippen LogP contribution in [-0.2, 0) is 4.74 Å². The molecule has 0 aliphatic heterocycles. The van der Waals surface area contributed by atoms with Gasteiger partial charge in [0.25, 0.3) is 5.91 Å². The van der Waals surface area contributed by atoms with Gasteiger partial charge in [-0.1, -0.05) is 0 Å². The molecule has 6 heteroatoms. The molecule has 0 spiro atoms. The third kappa shape index (κ3) is 3.40. The minimum absolute atomic E-state index is 0.0630. The molecule has 0 heterocycles. The van der Waals surface area contributed by atoms with Crippen molar-refractivity contribution in [3.8, 4) is 0 Å². The molecule has 100 valence electrons. The molecule has 1 atom stereocenters. The molecule has 18 heavy (non-hydrogen) atoms. The first-order valence-electron chi connectivity index (χ1n) is 5.46. The smallest absolute Gasteiger partial charge is 0.251 e. The molecule has 0 aliphatic carbocycles. The van der Waals surface area contributed by atoms with Crippen molar-refractivity contribution in [2.24, 2.45) is 0 Å². The maximum atomic E-state index is 13.4. The average molecular weight is 258 g/mol. The predicted octanol–water partition coefficient (Wildman–Crippen LogP) is 1.77. The second-order valence-corrected chi connectivity index (χ2v) is 3.89. The van der Waals surface area contributed by atoms with E-state index in [2.05, 4.69) is 10.6 Å². The fourth-order valence-electron chi connectivity index (χ4n) is 1.54. The first-order chi connectivity index (χ1) is 8.49. The summed E-state index contributed by atoms with van der Waals surface area (Å²) in [5, 5.41) is 4.96. The van der Waals surface area contributed by atoms with E-state index in [1.54, 1.807) is 6.92 Å². The van der Waals surface area contributed by atoms with Crippen LogP contribution >= 0.6 is 0 Å². The number of carbonyl (C=O) groups is 1. The Balaban J connectivity index is 2.87. The molecule has 0 bridgehead atoms. The monoisotopic (exact) mass is 258 g/mol. The summed E-state index contributed by atoms with van der Waals surface area (Å²) in [6, 6.07) is 1.74. The Morgan fingerprint density at radius 3 is 2.39 bits per heavy atom. The van der Waals surface area contributed by atoms with E-state index in [-0.39, 0.29) is 17.3 Å². The van der Waals surface area contributed by atoms with Crippen LogP contribution in [0.3, 0.4) is 0 Å². The summed E-state index contributed by atoms with van der Waals surface area (Å²) in [5.74, 6) is -2.15. The molecule has 2 N–H and O–H groups in total. The Labute approximate surface area is 104 Å². The second-order valence-electron chi connectivity index (χ2n) is 3.89. The lowest BCUT2D eigenvalue weighted by atomic mass is 10.1. The van der Waals surface area contributed by atoms with Gasteiger partial charge in [0.05, 0.1) is 6.61 Å². The number of halogens is 2. The Morgan fingerprint density at radius 1 is 1.39 bits per heavy atom. The Hall–Kier alpha value is -1.69. The van der Waals surface area contributed by atoms with Gasteiger partial charge in [-0.25, -0.2) is 8.78 Å². The van der Waals surface area contributed by atoms with Crippen molar-refractivity contribution in [1.29, 1.82) is 0 Å². The van der Waals surface area contributed by atoms with E-state index >= 15 is 0 Å². The van der Waals surface area contributed by atoms with Gasteiger partial charge in [0.1, 0.15) is 17.3 Å². The molecule has 0 radical (unpaired) electrons. The summed E-state index contributed by atoms with van der Waals surface area (Å²) in [7, 11) is 2.91. The van der Waals surface area contributed by atoms with E-state index in [9.17, 15) is 13.6 Å². The van der Waals surface area contributed by atoms with Gasteiger partial charge in [0.15, 0.2) is 0 Å². The number of hydrogen-bond donors (Lipinski definition) is 2. The molecular weight excluding hydrogens is 242 g/mol. The average Bonchev–Trinajstić information content (AvgIpc) is 2.28. The molecule has 0 fully saturated rings. The number of methoxy groups -OCH3 is 1. The van der Waals surface area contributed by atoms with Gasteiger partial charge in [0, 0.05) is 25.8 Å². The molecule has 1 rings (SSSR count). The van der Waals surface area contributed by atoms with Crippen LogP contribution in [0.2, 0.25) is 0 Å². The lowest BCUT2D eigenvalue weighted by Gasteiger charge is -2.13. The van der Waals surface area contributed by atoms with E-state index in [0.717, 1.165) is 12.1 Å². The van der Waals surface area contributed by atoms with E-state index in [1.807, 2.05) is 0 Å². The number of ether oxygens (including phenoxy) is 1. The molecule has 0 aromatic heterocycles. The van der Waals surface area contributed by atoms with Crippen LogP contribution in [0.25, 0.3) is 0 Å². The summed E-state index contributed by atoms with van der Waals surface area (Å²) >= 11 is 0. The maximum Gasteiger partial charge on any atom is 0.251 e. The third-order valence-electron chi connectivity index (χ3n) is 2.35.